The molecular weight excluding hydrogens is 584 g/mol. The number of carbonyl (C=O) groups excluding carboxylic acids is 1. The van der Waals surface area contributed by atoms with Gasteiger partial charge >= 0.3 is 18.1 Å². The summed E-state index contributed by atoms with van der Waals surface area (Å²) < 4.78 is 59.1. The lowest BCUT2D eigenvalue weighted by Gasteiger charge is -2.26. The molecule has 0 spiro atoms. The maximum absolute atomic E-state index is 13.6. The topological polar surface area (TPSA) is 129 Å². The zero-order valence-electron chi connectivity index (χ0n) is 22.1. The fourth-order valence-electron chi connectivity index (χ4n) is 3.71. The Morgan fingerprint density at radius 2 is 1.71 bits per heavy atom. The lowest BCUT2D eigenvalue weighted by molar-refractivity contribution is -0.192. The van der Waals surface area contributed by atoms with E-state index in [1.807, 2.05) is 12.1 Å². The molecule has 42 heavy (non-hydrogen) atoms. The minimum atomic E-state index is -5.08. The number of rotatable bonds is 9. The molecule has 226 valence electrons. The van der Waals surface area contributed by atoms with Crippen molar-refractivity contribution in [3.05, 3.63) is 72.0 Å². The average molecular weight is 613 g/mol. The van der Waals surface area contributed by atoms with Gasteiger partial charge in [0.25, 0.3) is 0 Å². The average Bonchev–Trinajstić information content (AvgIpc) is 2.96. The van der Waals surface area contributed by atoms with Crippen LogP contribution in [0.3, 0.4) is 0 Å². The van der Waals surface area contributed by atoms with Gasteiger partial charge < -0.3 is 29.5 Å². The molecule has 0 saturated carbocycles. The Labute approximate surface area is 242 Å². The molecule has 3 aromatic rings. The summed E-state index contributed by atoms with van der Waals surface area (Å²) in [7, 11) is 0. The van der Waals surface area contributed by atoms with Gasteiger partial charge in [-0.25, -0.2) is 14.0 Å². The van der Waals surface area contributed by atoms with Crippen LogP contribution in [-0.4, -0.2) is 77.8 Å². The van der Waals surface area contributed by atoms with E-state index in [9.17, 15) is 32.6 Å². The van der Waals surface area contributed by atoms with Crippen molar-refractivity contribution < 1.29 is 51.9 Å². The first kappa shape index (κ1) is 32.5. The van der Waals surface area contributed by atoms with Crippen molar-refractivity contribution in [2.24, 2.45) is 0 Å². The monoisotopic (exact) mass is 612 g/mol. The van der Waals surface area contributed by atoms with Crippen LogP contribution in [-0.2, 0) is 14.3 Å². The molecule has 0 aliphatic carbocycles. The highest BCUT2D eigenvalue weighted by molar-refractivity contribution is 8.00. The van der Waals surface area contributed by atoms with Gasteiger partial charge in [-0.15, -0.1) is 0 Å². The van der Waals surface area contributed by atoms with E-state index in [1.54, 1.807) is 18.2 Å². The van der Waals surface area contributed by atoms with Crippen LogP contribution in [0.5, 0.6) is 11.5 Å². The number of anilines is 1. The van der Waals surface area contributed by atoms with Crippen LogP contribution in [0.25, 0.3) is 11.1 Å². The van der Waals surface area contributed by atoms with Crippen molar-refractivity contribution in [3.63, 3.8) is 0 Å². The summed E-state index contributed by atoms with van der Waals surface area (Å²) in [5, 5.41) is 27.5. The van der Waals surface area contributed by atoms with Crippen LogP contribution in [0.15, 0.2) is 65.6 Å². The summed E-state index contributed by atoms with van der Waals surface area (Å²) in [6.07, 6.45) is -4.37. The summed E-state index contributed by atoms with van der Waals surface area (Å²) in [5.74, 6) is -3.93. The normalized spacial score (nSPS) is 13.5. The van der Waals surface area contributed by atoms with E-state index in [0.29, 0.717) is 16.8 Å². The minimum Gasteiger partial charge on any atom is -0.507 e. The van der Waals surface area contributed by atoms with E-state index in [0.717, 1.165) is 44.2 Å². The summed E-state index contributed by atoms with van der Waals surface area (Å²) in [6.45, 7) is 4.35. The Bertz CT molecular complexity index is 1370. The second-order valence-corrected chi connectivity index (χ2v) is 9.75. The van der Waals surface area contributed by atoms with Gasteiger partial charge in [0, 0.05) is 41.8 Å². The number of morpholine rings is 1. The number of halogens is 4. The van der Waals surface area contributed by atoms with Gasteiger partial charge in [0.15, 0.2) is 0 Å². The van der Waals surface area contributed by atoms with Crippen molar-refractivity contribution in [2.45, 2.75) is 17.5 Å². The number of alkyl halides is 3. The first-order valence-electron chi connectivity index (χ1n) is 12.6. The van der Waals surface area contributed by atoms with E-state index in [1.165, 1.54) is 42.3 Å². The number of aromatic hydroxyl groups is 2. The van der Waals surface area contributed by atoms with Crippen LogP contribution in [0.2, 0.25) is 0 Å². The molecule has 0 radical (unpaired) electrons. The van der Waals surface area contributed by atoms with Gasteiger partial charge in [-0.2, -0.15) is 13.2 Å². The van der Waals surface area contributed by atoms with Gasteiger partial charge in [-0.1, -0.05) is 12.1 Å². The maximum Gasteiger partial charge on any atom is 0.490 e. The third-order valence-electron chi connectivity index (χ3n) is 5.81. The smallest absolute Gasteiger partial charge is 0.490 e. The lowest BCUT2D eigenvalue weighted by atomic mass is 10.0. The fraction of sp³-hybridized carbons (Fsp3) is 0.286. The number of hydrogen-bond acceptors (Lipinski definition) is 9. The molecule has 1 saturated heterocycles. The molecule has 1 aliphatic rings. The van der Waals surface area contributed by atoms with E-state index in [4.69, 9.17) is 19.4 Å². The van der Waals surface area contributed by atoms with Gasteiger partial charge in [0.1, 0.15) is 22.9 Å². The van der Waals surface area contributed by atoms with Crippen LogP contribution in [0.1, 0.15) is 16.8 Å². The predicted molar refractivity (Wildman–Crippen MR) is 147 cm³/mol. The van der Waals surface area contributed by atoms with Crippen LogP contribution in [0, 0.1) is 5.82 Å². The molecule has 1 heterocycles. The third kappa shape index (κ3) is 10.1. The van der Waals surface area contributed by atoms with Crippen LogP contribution in [0.4, 0.5) is 23.2 Å². The van der Waals surface area contributed by atoms with Crippen molar-refractivity contribution in [1.82, 2.24) is 4.90 Å². The summed E-state index contributed by atoms with van der Waals surface area (Å²) in [4.78, 5) is 24.3. The standard InChI is InChI=1S/C26H27FN2O5S.C2HF3O2/c27-19-5-8-24(30)23(16-19)18-3-1-4-21(15-18)35-28-20-6-7-22(25(31)17-20)26(32)34-12-2-9-29-10-13-33-14-11-29;3-2(4,5)1(6)7/h1,3-8,15-17,28,30-31H,2,9-14H2;(H,6,7). The molecule has 1 aliphatic heterocycles. The summed E-state index contributed by atoms with van der Waals surface area (Å²) in [6, 6.07) is 15.7. The fourth-order valence-corrected chi connectivity index (χ4v) is 4.40. The van der Waals surface area contributed by atoms with Gasteiger partial charge in [-0.05, 0) is 66.4 Å². The number of carboxylic acids is 1. The quantitative estimate of drug-likeness (QED) is 0.106. The Hall–Kier alpha value is -4.01. The Kier molecular flexibility index (Phi) is 11.8. The van der Waals surface area contributed by atoms with Crippen molar-refractivity contribution in [2.75, 3.05) is 44.2 Å². The minimum absolute atomic E-state index is 0.00463. The van der Waals surface area contributed by atoms with Crippen molar-refractivity contribution in [3.8, 4) is 22.6 Å². The number of nitrogens with zero attached hydrogens (tertiary/aromatic N) is 1. The Balaban J connectivity index is 0.000000616. The molecule has 0 amide bonds. The second-order valence-electron chi connectivity index (χ2n) is 8.87. The maximum atomic E-state index is 13.6. The molecule has 4 rings (SSSR count). The van der Waals surface area contributed by atoms with Crippen molar-refractivity contribution >= 4 is 29.6 Å². The third-order valence-corrected chi connectivity index (χ3v) is 6.63. The number of carboxylic acid groups (broad SMARTS) is 1. The summed E-state index contributed by atoms with van der Waals surface area (Å²) >= 11 is 1.28. The SMILES string of the molecule is O=C(O)C(F)(F)F.O=C(OCCCN1CCOCC1)c1ccc(NSc2cccc(-c3cc(F)ccc3O)c2)cc1O. The number of benzene rings is 3. The zero-order valence-corrected chi connectivity index (χ0v) is 22.9. The van der Waals surface area contributed by atoms with Gasteiger partial charge in [0.2, 0.25) is 0 Å². The highest BCUT2D eigenvalue weighted by Crippen LogP contribution is 2.33. The predicted octanol–water partition coefficient (Wildman–Crippen LogP) is 5.54. The number of ether oxygens (including phenoxy) is 2. The van der Waals surface area contributed by atoms with Crippen molar-refractivity contribution in [1.29, 1.82) is 0 Å². The zero-order chi connectivity index (χ0) is 30.7. The van der Waals surface area contributed by atoms with E-state index < -0.39 is 23.9 Å². The highest BCUT2D eigenvalue weighted by atomic mass is 32.2. The number of phenolic OH excluding ortho intramolecular Hbond substituents is 2. The lowest BCUT2D eigenvalue weighted by Crippen LogP contribution is -2.37. The van der Waals surface area contributed by atoms with Crippen LogP contribution >= 0.6 is 11.9 Å². The number of hydrogen-bond donors (Lipinski definition) is 4. The van der Waals surface area contributed by atoms with Gasteiger partial charge in [-0.3, -0.25) is 4.90 Å². The molecule has 0 bridgehead atoms. The highest BCUT2D eigenvalue weighted by Gasteiger charge is 2.38. The Morgan fingerprint density at radius 3 is 2.38 bits per heavy atom. The first-order chi connectivity index (χ1) is 19.9. The van der Waals surface area contributed by atoms with Crippen LogP contribution < -0.4 is 4.72 Å². The second kappa shape index (κ2) is 15.3. The molecule has 9 nitrogen and oxygen atoms in total. The number of carbonyl (C=O) groups is 2. The number of phenols is 2. The molecule has 1 fully saturated rings. The first-order valence-corrected chi connectivity index (χ1v) is 13.4. The van der Waals surface area contributed by atoms with E-state index >= 15 is 0 Å². The number of aliphatic carboxylic acids is 1. The molecule has 0 atom stereocenters. The molecule has 14 heteroatoms. The van der Waals surface area contributed by atoms with E-state index in [2.05, 4.69) is 9.62 Å². The molecular formula is C28H28F4N2O7S. The molecule has 0 unspecified atom stereocenters. The summed E-state index contributed by atoms with van der Waals surface area (Å²) in [5.41, 5.74) is 1.77. The molecule has 4 N–H and O–H groups in total. The largest absolute Gasteiger partial charge is 0.507 e. The number of nitrogens with one attached hydrogen (secondary N) is 1. The molecule has 3 aromatic carbocycles. The Morgan fingerprint density at radius 1 is 1.00 bits per heavy atom. The van der Waals surface area contributed by atoms with E-state index in [-0.39, 0.29) is 23.7 Å². The van der Waals surface area contributed by atoms with Gasteiger partial charge in [0.05, 0.1) is 19.8 Å². The molecule has 0 aromatic heterocycles. The number of esters is 1.